The highest BCUT2D eigenvalue weighted by Crippen LogP contribution is 2.27. The van der Waals surface area contributed by atoms with Gasteiger partial charge in [0.2, 0.25) is 0 Å². The first kappa shape index (κ1) is 14.0. The summed E-state index contributed by atoms with van der Waals surface area (Å²) in [4.78, 5) is 11.2. The summed E-state index contributed by atoms with van der Waals surface area (Å²) in [5, 5.41) is 9.19. The molecule has 4 heteroatoms. The van der Waals surface area contributed by atoms with E-state index >= 15 is 0 Å². The molecule has 1 aromatic rings. The normalized spacial score (nSPS) is 12.5. The average molecular weight is 301 g/mol. The summed E-state index contributed by atoms with van der Waals surface area (Å²) in [5.74, 6) is -0.323. The van der Waals surface area contributed by atoms with Crippen molar-refractivity contribution in [1.29, 1.82) is 0 Å². The maximum atomic E-state index is 11.2. The highest BCUT2D eigenvalue weighted by molar-refractivity contribution is 9.10. The van der Waals surface area contributed by atoms with Gasteiger partial charge in [0.25, 0.3) is 0 Å². The fourth-order valence-electron chi connectivity index (χ4n) is 1.75. The Morgan fingerprint density at radius 2 is 2.12 bits per heavy atom. The van der Waals surface area contributed by atoms with E-state index in [2.05, 4.69) is 15.9 Å². The number of ether oxygens (including phenoxy) is 1. The molecule has 0 aliphatic rings. The summed E-state index contributed by atoms with van der Waals surface area (Å²) < 4.78 is 6.18. The van der Waals surface area contributed by atoms with Crippen molar-refractivity contribution in [3.8, 4) is 5.75 Å². The Labute approximate surface area is 110 Å². The van der Waals surface area contributed by atoms with E-state index in [0.717, 1.165) is 15.8 Å². The Balaban J connectivity index is 2.99. The predicted octanol–water partition coefficient (Wildman–Crippen LogP) is 3.36. The molecule has 0 aromatic heterocycles. The zero-order valence-electron chi connectivity index (χ0n) is 10.2. The second kappa shape index (κ2) is 6.05. The first-order valence-electron chi connectivity index (χ1n) is 5.51. The van der Waals surface area contributed by atoms with Gasteiger partial charge in [0.1, 0.15) is 5.75 Å². The van der Waals surface area contributed by atoms with Gasteiger partial charge in [-0.05, 0) is 36.1 Å². The van der Waals surface area contributed by atoms with Crippen LogP contribution in [0.5, 0.6) is 5.75 Å². The minimum Gasteiger partial charge on any atom is -0.496 e. The summed E-state index contributed by atoms with van der Waals surface area (Å²) in [6, 6.07) is 5.64. The molecule has 0 spiro atoms. The van der Waals surface area contributed by atoms with Crippen molar-refractivity contribution < 1.29 is 14.6 Å². The molecule has 1 N–H and O–H groups in total. The lowest BCUT2D eigenvalue weighted by Gasteiger charge is -2.18. The molecule has 0 saturated heterocycles. The number of hydrogen-bond acceptors (Lipinski definition) is 2. The van der Waals surface area contributed by atoms with Crippen LogP contribution in [0.25, 0.3) is 0 Å². The Morgan fingerprint density at radius 1 is 1.47 bits per heavy atom. The van der Waals surface area contributed by atoms with Crippen LogP contribution in [0.2, 0.25) is 0 Å². The fraction of sp³-hybridized carbons (Fsp3) is 0.462. The number of rotatable bonds is 5. The van der Waals surface area contributed by atoms with Gasteiger partial charge in [0.05, 0.1) is 13.0 Å². The van der Waals surface area contributed by atoms with Crippen LogP contribution in [-0.4, -0.2) is 18.2 Å². The molecule has 0 heterocycles. The van der Waals surface area contributed by atoms with Crippen molar-refractivity contribution in [1.82, 2.24) is 0 Å². The quantitative estimate of drug-likeness (QED) is 0.907. The molecule has 3 nitrogen and oxygen atoms in total. The molecule has 0 bridgehead atoms. The summed E-state index contributed by atoms with van der Waals surface area (Å²) in [6.07, 6.45) is 0.482. The van der Waals surface area contributed by atoms with E-state index in [1.807, 2.05) is 32.0 Å². The van der Waals surface area contributed by atoms with Crippen molar-refractivity contribution >= 4 is 21.9 Å². The number of hydrogen-bond donors (Lipinski definition) is 1. The van der Waals surface area contributed by atoms with Gasteiger partial charge in [-0.3, -0.25) is 4.79 Å². The zero-order chi connectivity index (χ0) is 13.0. The van der Waals surface area contributed by atoms with Gasteiger partial charge in [-0.25, -0.2) is 0 Å². The molecule has 0 fully saturated rings. The lowest BCUT2D eigenvalue weighted by molar-refractivity contribution is -0.143. The van der Waals surface area contributed by atoms with Gasteiger partial charge in [-0.1, -0.05) is 29.8 Å². The summed E-state index contributed by atoms with van der Waals surface area (Å²) in [5.41, 5.74) is 0.919. The molecule has 0 radical (unpaired) electrons. The minimum atomic E-state index is -0.762. The summed E-state index contributed by atoms with van der Waals surface area (Å²) in [7, 11) is 1.60. The Hall–Kier alpha value is -1.03. The number of methoxy groups -OCH3 is 1. The van der Waals surface area contributed by atoms with Gasteiger partial charge in [0.15, 0.2) is 0 Å². The third-order valence-electron chi connectivity index (χ3n) is 2.80. The van der Waals surface area contributed by atoms with E-state index in [-0.39, 0.29) is 5.92 Å². The van der Waals surface area contributed by atoms with Gasteiger partial charge < -0.3 is 9.84 Å². The number of halogens is 1. The Kier molecular flexibility index (Phi) is 5.00. The summed E-state index contributed by atoms with van der Waals surface area (Å²) in [6.45, 7) is 3.84. The second-order valence-electron chi connectivity index (χ2n) is 4.35. The van der Waals surface area contributed by atoms with Crippen molar-refractivity contribution in [3.05, 3.63) is 28.2 Å². The van der Waals surface area contributed by atoms with Crippen LogP contribution >= 0.6 is 15.9 Å². The van der Waals surface area contributed by atoms with Gasteiger partial charge in [-0.15, -0.1) is 0 Å². The van der Waals surface area contributed by atoms with Crippen molar-refractivity contribution in [2.24, 2.45) is 11.8 Å². The number of aliphatic carboxylic acids is 1. The predicted molar refractivity (Wildman–Crippen MR) is 70.4 cm³/mol. The second-order valence-corrected chi connectivity index (χ2v) is 5.26. The van der Waals surface area contributed by atoms with Crippen molar-refractivity contribution in [3.63, 3.8) is 0 Å². The van der Waals surface area contributed by atoms with E-state index < -0.39 is 11.9 Å². The van der Waals surface area contributed by atoms with Crippen LogP contribution in [0.3, 0.4) is 0 Å². The third kappa shape index (κ3) is 3.73. The largest absolute Gasteiger partial charge is 0.496 e. The van der Waals surface area contributed by atoms with E-state index in [9.17, 15) is 9.90 Å². The number of carboxylic acid groups (broad SMARTS) is 1. The van der Waals surface area contributed by atoms with Crippen LogP contribution < -0.4 is 4.74 Å². The van der Waals surface area contributed by atoms with E-state index in [4.69, 9.17) is 4.74 Å². The maximum Gasteiger partial charge on any atom is 0.307 e. The molecular formula is C13H17BrO3. The van der Waals surface area contributed by atoms with Crippen molar-refractivity contribution in [2.75, 3.05) is 7.11 Å². The SMILES string of the molecule is COc1ccc(Br)cc1CC(C(=O)O)C(C)C. The standard InChI is InChI=1S/C13H17BrO3/c1-8(2)11(13(15)16)7-9-6-10(14)4-5-12(9)17-3/h4-6,8,11H,7H2,1-3H3,(H,15,16). The molecule has 1 atom stereocenters. The number of carboxylic acids is 1. The van der Waals surface area contributed by atoms with E-state index in [1.165, 1.54) is 0 Å². The molecule has 0 saturated carbocycles. The molecule has 0 amide bonds. The molecule has 17 heavy (non-hydrogen) atoms. The highest BCUT2D eigenvalue weighted by Gasteiger charge is 2.23. The molecule has 1 rings (SSSR count). The highest BCUT2D eigenvalue weighted by atomic mass is 79.9. The first-order valence-corrected chi connectivity index (χ1v) is 6.30. The van der Waals surface area contributed by atoms with E-state index in [1.54, 1.807) is 7.11 Å². The van der Waals surface area contributed by atoms with Crippen molar-refractivity contribution in [2.45, 2.75) is 20.3 Å². The monoisotopic (exact) mass is 300 g/mol. The maximum absolute atomic E-state index is 11.2. The molecule has 1 aromatic carbocycles. The lowest BCUT2D eigenvalue weighted by Crippen LogP contribution is -2.22. The lowest BCUT2D eigenvalue weighted by atomic mass is 9.89. The number of benzene rings is 1. The third-order valence-corrected chi connectivity index (χ3v) is 3.30. The van der Waals surface area contributed by atoms with Gasteiger partial charge in [-0.2, -0.15) is 0 Å². The van der Waals surface area contributed by atoms with Crippen LogP contribution in [0, 0.1) is 11.8 Å². The molecule has 0 aliphatic heterocycles. The smallest absolute Gasteiger partial charge is 0.307 e. The van der Waals surface area contributed by atoms with E-state index in [0.29, 0.717) is 6.42 Å². The molecule has 1 unspecified atom stereocenters. The molecule has 0 aliphatic carbocycles. The van der Waals surface area contributed by atoms with Crippen LogP contribution in [0.4, 0.5) is 0 Å². The van der Waals surface area contributed by atoms with Crippen LogP contribution in [-0.2, 0) is 11.2 Å². The first-order chi connectivity index (χ1) is 7.95. The topological polar surface area (TPSA) is 46.5 Å². The zero-order valence-corrected chi connectivity index (χ0v) is 11.8. The minimum absolute atomic E-state index is 0.0937. The molecule has 94 valence electrons. The van der Waals surface area contributed by atoms with Crippen LogP contribution in [0.1, 0.15) is 19.4 Å². The van der Waals surface area contributed by atoms with Gasteiger partial charge >= 0.3 is 5.97 Å². The molecular weight excluding hydrogens is 284 g/mol. The Morgan fingerprint density at radius 3 is 2.59 bits per heavy atom. The fourth-order valence-corrected chi connectivity index (χ4v) is 2.16. The Bertz CT molecular complexity index is 402. The van der Waals surface area contributed by atoms with Crippen LogP contribution in [0.15, 0.2) is 22.7 Å². The average Bonchev–Trinajstić information content (AvgIpc) is 2.25. The number of carbonyl (C=O) groups is 1. The summed E-state index contributed by atoms with van der Waals surface area (Å²) >= 11 is 3.39. The van der Waals surface area contributed by atoms with Gasteiger partial charge in [0, 0.05) is 4.47 Å².